The molecular formula is C18H24N4O6. The number of aromatic amines is 1. The summed E-state index contributed by atoms with van der Waals surface area (Å²) in [5.74, 6) is -2.98. The minimum Gasteiger partial charge on any atom is -0.480 e. The minimum absolute atomic E-state index is 0.00433. The van der Waals surface area contributed by atoms with Gasteiger partial charge in [-0.15, -0.1) is 0 Å². The van der Waals surface area contributed by atoms with E-state index in [0.717, 1.165) is 10.9 Å². The number of hydrogen-bond donors (Lipinski definition) is 7. The van der Waals surface area contributed by atoms with E-state index in [2.05, 4.69) is 15.6 Å². The Bertz CT molecular complexity index is 849. The summed E-state index contributed by atoms with van der Waals surface area (Å²) in [6.45, 7) is 0.545. The third-order valence-corrected chi connectivity index (χ3v) is 4.35. The van der Waals surface area contributed by atoms with Gasteiger partial charge in [-0.1, -0.05) is 18.2 Å². The molecule has 2 aromatic rings. The van der Waals surface area contributed by atoms with E-state index in [4.69, 9.17) is 5.73 Å². The van der Waals surface area contributed by atoms with Gasteiger partial charge in [-0.2, -0.15) is 0 Å². The quantitative estimate of drug-likeness (QED) is 0.270. The van der Waals surface area contributed by atoms with Crippen LogP contribution >= 0.6 is 0 Å². The van der Waals surface area contributed by atoms with Gasteiger partial charge < -0.3 is 36.7 Å². The Morgan fingerprint density at radius 1 is 1.14 bits per heavy atom. The number of carbonyl (C=O) groups excluding carboxylic acids is 2. The Morgan fingerprint density at radius 2 is 1.79 bits per heavy atom. The predicted molar refractivity (Wildman–Crippen MR) is 100 cm³/mol. The lowest BCUT2D eigenvalue weighted by Gasteiger charge is -2.22. The molecule has 0 fully saturated rings. The molecule has 1 aromatic carbocycles. The maximum atomic E-state index is 12.3. The van der Waals surface area contributed by atoms with Crippen LogP contribution in [-0.4, -0.2) is 68.9 Å². The lowest BCUT2D eigenvalue weighted by molar-refractivity contribution is -0.142. The van der Waals surface area contributed by atoms with E-state index in [1.54, 1.807) is 6.20 Å². The highest BCUT2D eigenvalue weighted by Crippen LogP contribution is 2.19. The zero-order valence-corrected chi connectivity index (χ0v) is 15.3. The number of para-hydroxylation sites is 1. The molecule has 0 saturated carbocycles. The van der Waals surface area contributed by atoms with Crippen LogP contribution in [0.3, 0.4) is 0 Å². The summed E-state index contributed by atoms with van der Waals surface area (Å²) in [6, 6.07) is 3.36. The average molecular weight is 392 g/mol. The number of H-pyrrole nitrogens is 1. The van der Waals surface area contributed by atoms with Gasteiger partial charge in [0.15, 0.2) is 0 Å². The first-order valence-electron chi connectivity index (χ1n) is 8.67. The molecule has 0 radical (unpaired) electrons. The molecule has 0 spiro atoms. The van der Waals surface area contributed by atoms with E-state index in [1.165, 1.54) is 6.92 Å². The Labute approximate surface area is 160 Å². The fourth-order valence-corrected chi connectivity index (χ4v) is 2.67. The molecule has 2 rings (SSSR count). The van der Waals surface area contributed by atoms with Gasteiger partial charge in [0.05, 0.1) is 12.7 Å². The van der Waals surface area contributed by atoms with Crippen molar-refractivity contribution in [2.45, 2.75) is 37.6 Å². The number of aliphatic hydroxyl groups excluding tert-OH is 2. The van der Waals surface area contributed by atoms with Crippen molar-refractivity contribution in [3.8, 4) is 0 Å². The fraction of sp³-hybridized carbons (Fsp3) is 0.389. The van der Waals surface area contributed by atoms with Crippen LogP contribution in [-0.2, 0) is 20.8 Å². The summed E-state index contributed by atoms with van der Waals surface area (Å²) in [5, 5.41) is 33.5. The highest BCUT2D eigenvalue weighted by Gasteiger charge is 2.29. The minimum atomic E-state index is -1.40. The smallest absolute Gasteiger partial charge is 0.326 e. The Hall–Kier alpha value is -2.95. The summed E-state index contributed by atoms with van der Waals surface area (Å²) >= 11 is 0. The number of carboxylic acids is 1. The zero-order valence-electron chi connectivity index (χ0n) is 15.3. The molecule has 28 heavy (non-hydrogen) atoms. The molecule has 4 atom stereocenters. The van der Waals surface area contributed by atoms with Gasteiger partial charge in [0.2, 0.25) is 11.8 Å². The first-order chi connectivity index (χ1) is 13.2. The number of carbonyl (C=O) groups is 3. The summed E-state index contributed by atoms with van der Waals surface area (Å²) in [5.41, 5.74) is 7.01. The number of aliphatic carboxylic acids is 1. The Morgan fingerprint density at radius 3 is 2.39 bits per heavy atom. The van der Waals surface area contributed by atoms with Crippen molar-refractivity contribution in [2.24, 2.45) is 5.73 Å². The summed E-state index contributed by atoms with van der Waals surface area (Å²) in [7, 11) is 0. The topological polar surface area (TPSA) is 178 Å². The number of aliphatic hydroxyl groups is 2. The van der Waals surface area contributed by atoms with Crippen molar-refractivity contribution in [3.63, 3.8) is 0 Å². The van der Waals surface area contributed by atoms with Crippen LogP contribution in [0.2, 0.25) is 0 Å². The van der Waals surface area contributed by atoms with Crippen LogP contribution in [0.15, 0.2) is 30.5 Å². The largest absolute Gasteiger partial charge is 0.480 e. The molecule has 8 N–H and O–H groups in total. The molecule has 152 valence electrons. The van der Waals surface area contributed by atoms with E-state index in [0.29, 0.717) is 5.56 Å². The third-order valence-electron chi connectivity index (χ3n) is 4.35. The van der Waals surface area contributed by atoms with Gasteiger partial charge >= 0.3 is 5.97 Å². The average Bonchev–Trinajstić information content (AvgIpc) is 3.07. The van der Waals surface area contributed by atoms with E-state index in [1.807, 2.05) is 24.3 Å². The first-order valence-corrected chi connectivity index (χ1v) is 8.67. The molecule has 10 heteroatoms. The molecule has 0 saturated heterocycles. The van der Waals surface area contributed by atoms with Crippen molar-refractivity contribution in [2.75, 3.05) is 6.61 Å². The number of nitrogens with one attached hydrogen (secondary N) is 3. The number of rotatable bonds is 9. The first kappa shape index (κ1) is 21.4. The van der Waals surface area contributed by atoms with Crippen LogP contribution in [0.4, 0.5) is 0 Å². The van der Waals surface area contributed by atoms with Crippen LogP contribution in [0.25, 0.3) is 10.9 Å². The molecule has 1 heterocycles. The molecule has 1 aromatic heterocycles. The van der Waals surface area contributed by atoms with Crippen molar-refractivity contribution in [3.05, 3.63) is 36.0 Å². The number of nitrogens with two attached hydrogens (primary N) is 1. The van der Waals surface area contributed by atoms with Gasteiger partial charge in [0.1, 0.15) is 18.1 Å². The number of fused-ring (bicyclic) bond motifs is 1. The zero-order chi connectivity index (χ0) is 20.8. The highest BCUT2D eigenvalue weighted by molar-refractivity contribution is 5.92. The number of hydrogen-bond acceptors (Lipinski definition) is 6. The number of aromatic nitrogens is 1. The Balaban J connectivity index is 2.08. The molecule has 4 unspecified atom stereocenters. The summed E-state index contributed by atoms with van der Waals surface area (Å²) < 4.78 is 0. The van der Waals surface area contributed by atoms with Crippen molar-refractivity contribution < 1.29 is 29.7 Å². The fourth-order valence-electron chi connectivity index (χ4n) is 2.67. The molecule has 0 aliphatic rings. The second-order valence-electron chi connectivity index (χ2n) is 6.47. The van der Waals surface area contributed by atoms with E-state index in [9.17, 15) is 29.7 Å². The normalized spacial score (nSPS) is 15.4. The summed E-state index contributed by atoms with van der Waals surface area (Å²) in [6.07, 6.45) is 0.514. The van der Waals surface area contributed by atoms with Gasteiger partial charge in [-0.3, -0.25) is 9.59 Å². The van der Waals surface area contributed by atoms with Crippen molar-refractivity contribution in [1.29, 1.82) is 0 Å². The van der Waals surface area contributed by atoms with Crippen LogP contribution < -0.4 is 16.4 Å². The van der Waals surface area contributed by atoms with Gasteiger partial charge in [0, 0.05) is 23.5 Å². The molecule has 0 aliphatic carbocycles. The van der Waals surface area contributed by atoms with E-state index in [-0.39, 0.29) is 6.42 Å². The third kappa shape index (κ3) is 5.06. The number of amides is 2. The van der Waals surface area contributed by atoms with Gasteiger partial charge in [0.25, 0.3) is 0 Å². The second-order valence-corrected chi connectivity index (χ2v) is 6.47. The van der Waals surface area contributed by atoms with E-state index >= 15 is 0 Å². The van der Waals surface area contributed by atoms with Gasteiger partial charge in [-0.25, -0.2) is 4.79 Å². The lowest BCUT2D eigenvalue weighted by Crippen LogP contribution is -2.57. The van der Waals surface area contributed by atoms with Crippen molar-refractivity contribution >= 4 is 28.7 Å². The van der Waals surface area contributed by atoms with E-state index < -0.39 is 48.6 Å². The predicted octanol–water partition coefficient (Wildman–Crippen LogP) is -1.53. The standard InChI is InChI=1S/C18H24N4O6/c1-9(24)15(19)17(26)22-14(8-23)16(25)21-13(18(27)28)6-10-7-20-12-5-3-2-4-11(10)12/h2-5,7,9,13-15,20,23-24H,6,8,19H2,1H3,(H,21,25)(H,22,26)(H,27,28). The monoisotopic (exact) mass is 392 g/mol. The van der Waals surface area contributed by atoms with Crippen molar-refractivity contribution in [1.82, 2.24) is 15.6 Å². The van der Waals surface area contributed by atoms with Crippen LogP contribution in [0, 0.1) is 0 Å². The molecule has 10 nitrogen and oxygen atoms in total. The molecular weight excluding hydrogens is 368 g/mol. The lowest BCUT2D eigenvalue weighted by atomic mass is 10.0. The molecule has 2 amide bonds. The highest BCUT2D eigenvalue weighted by atomic mass is 16.4. The maximum Gasteiger partial charge on any atom is 0.326 e. The maximum absolute atomic E-state index is 12.3. The molecule has 0 bridgehead atoms. The summed E-state index contributed by atoms with van der Waals surface area (Å²) in [4.78, 5) is 38.9. The van der Waals surface area contributed by atoms with Crippen LogP contribution in [0.1, 0.15) is 12.5 Å². The number of carboxylic acid groups (broad SMARTS) is 1. The Kier molecular flexibility index (Phi) is 7.10. The molecule has 0 aliphatic heterocycles. The second kappa shape index (κ2) is 9.31. The number of benzene rings is 1. The van der Waals surface area contributed by atoms with Crippen LogP contribution in [0.5, 0.6) is 0 Å². The van der Waals surface area contributed by atoms with Gasteiger partial charge in [-0.05, 0) is 18.6 Å². The SMILES string of the molecule is CC(O)C(N)C(=O)NC(CO)C(=O)NC(Cc1c[nH]c2ccccc12)C(=O)O.